The fraction of sp³-hybridized carbons (Fsp3) is 0.286. The standard InChI is InChI=1S/C21H20FNO4/c22-20-12-16(6-7-19(20)15-8-10-25-11-9-15)23-13-18(27-21(23)24)14-26-17-4-2-1-3-5-17/h1-8,12,18H,9-11,13-14H2/t18-/m1/s1. The Bertz CT molecular complexity index is 853. The number of anilines is 1. The lowest BCUT2D eigenvalue weighted by Crippen LogP contribution is -2.26. The molecular weight excluding hydrogens is 349 g/mol. The fourth-order valence-corrected chi connectivity index (χ4v) is 3.23. The molecular formula is C21H20FNO4. The molecule has 0 radical (unpaired) electrons. The van der Waals surface area contributed by atoms with E-state index < -0.39 is 12.2 Å². The van der Waals surface area contributed by atoms with E-state index in [0.29, 0.717) is 43.2 Å². The quantitative estimate of drug-likeness (QED) is 0.798. The number of carbonyl (C=O) groups excluding carboxylic acids is 1. The van der Waals surface area contributed by atoms with Gasteiger partial charge < -0.3 is 14.2 Å². The second-order valence-electron chi connectivity index (χ2n) is 6.46. The number of nitrogens with zero attached hydrogens (tertiary/aromatic N) is 1. The van der Waals surface area contributed by atoms with Gasteiger partial charge in [0.05, 0.1) is 25.4 Å². The van der Waals surface area contributed by atoms with Gasteiger partial charge in [-0.1, -0.05) is 24.3 Å². The molecule has 1 atom stereocenters. The lowest BCUT2D eigenvalue weighted by molar-refractivity contribution is 0.105. The lowest BCUT2D eigenvalue weighted by Gasteiger charge is -2.17. The number of amides is 1. The number of carbonyl (C=O) groups is 1. The van der Waals surface area contributed by atoms with E-state index in [1.54, 1.807) is 12.1 Å². The van der Waals surface area contributed by atoms with Gasteiger partial charge in [0.2, 0.25) is 0 Å². The molecule has 2 aromatic carbocycles. The van der Waals surface area contributed by atoms with Crippen LogP contribution in [0.1, 0.15) is 12.0 Å². The summed E-state index contributed by atoms with van der Waals surface area (Å²) in [5, 5.41) is 0. The molecule has 140 valence electrons. The van der Waals surface area contributed by atoms with Crippen LogP contribution in [0.15, 0.2) is 54.6 Å². The van der Waals surface area contributed by atoms with Crippen molar-refractivity contribution in [2.45, 2.75) is 12.5 Å². The number of hydrogen-bond acceptors (Lipinski definition) is 4. The highest BCUT2D eigenvalue weighted by atomic mass is 19.1. The van der Waals surface area contributed by atoms with Gasteiger partial charge in [-0.05, 0) is 42.3 Å². The molecule has 2 aliphatic heterocycles. The average molecular weight is 369 g/mol. The SMILES string of the molecule is O=C1O[C@@H](COc2ccccc2)CN1c1ccc(C2=CCOCC2)c(F)c1. The zero-order chi connectivity index (χ0) is 18.6. The van der Waals surface area contributed by atoms with Gasteiger partial charge in [0.15, 0.2) is 6.10 Å². The van der Waals surface area contributed by atoms with E-state index in [-0.39, 0.29) is 12.4 Å². The molecule has 1 amide bonds. The third-order valence-corrected chi connectivity index (χ3v) is 4.63. The minimum absolute atomic E-state index is 0.250. The van der Waals surface area contributed by atoms with Gasteiger partial charge in [-0.15, -0.1) is 0 Å². The molecule has 2 heterocycles. The van der Waals surface area contributed by atoms with E-state index in [4.69, 9.17) is 14.2 Å². The summed E-state index contributed by atoms with van der Waals surface area (Å²) >= 11 is 0. The second kappa shape index (κ2) is 7.80. The van der Waals surface area contributed by atoms with Crippen molar-refractivity contribution in [1.82, 2.24) is 0 Å². The van der Waals surface area contributed by atoms with E-state index in [2.05, 4.69) is 0 Å². The maximum Gasteiger partial charge on any atom is 0.414 e. The molecule has 0 bridgehead atoms. The van der Waals surface area contributed by atoms with Gasteiger partial charge in [-0.25, -0.2) is 9.18 Å². The largest absolute Gasteiger partial charge is 0.490 e. The van der Waals surface area contributed by atoms with Crippen molar-refractivity contribution in [3.8, 4) is 5.75 Å². The van der Waals surface area contributed by atoms with Crippen LogP contribution in [0.5, 0.6) is 5.75 Å². The maximum atomic E-state index is 14.6. The number of halogens is 1. The summed E-state index contributed by atoms with van der Waals surface area (Å²) in [5.74, 6) is 0.365. The van der Waals surface area contributed by atoms with Gasteiger partial charge in [0.1, 0.15) is 18.2 Å². The summed E-state index contributed by atoms with van der Waals surface area (Å²) in [5.41, 5.74) is 1.97. The van der Waals surface area contributed by atoms with Crippen molar-refractivity contribution in [2.75, 3.05) is 31.3 Å². The highest BCUT2D eigenvalue weighted by molar-refractivity contribution is 5.90. The normalized spacial score (nSPS) is 19.6. The number of rotatable bonds is 5. The van der Waals surface area contributed by atoms with E-state index in [0.717, 1.165) is 5.57 Å². The van der Waals surface area contributed by atoms with Crippen molar-refractivity contribution in [2.24, 2.45) is 0 Å². The number of para-hydroxylation sites is 1. The number of benzene rings is 2. The van der Waals surface area contributed by atoms with Gasteiger partial charge >= 0.3 is 6.09 Å². The van der Waals surface area contributed by atoms with Crippen molar-refractivity contribution in [3.63, 3.8) is 0 Å². The lowest BCUT2D eigenvalue weighted by atomic mass is 10.0. The summed E-state index contributed by atoms with van der Waals surface area (Å²) in [6, 6.07) is 14.2. The first-order valence-electron chi connectivity index (χ1n) is 8.93. The van der Waals surface area contributed by atoms with Crippen molar-refractivity contribution < 1.29 is 23.4 Å². The molecule has 27 heavy (non-hydrogen) atoms. The van der Waals surface area contributed by atoms with Crippen LogP contribution in [0.3, 0.4) is 0 Å². The van der Waals surface area contributed by atoms with Crippen LogP contribution in [0.4, 0.5) is 14.9 Å². The van der Waals surface area contributed by atoms with Crippen LogP contribution in [-0.4, -0.2) is 38.6 Å². The molecule has 4 rings (SSSR count). The average Bonchev–Trinajstić information content (AvgIpc) is 3.08. The molecule has 1 fully saturated rings. The number of cyclic esters (lactones) is 1. The zero-order valence-electron chi connectivity index (χ0n) is 14.8. The van der Waals surface area contributed by atoms with Crippen LogP contribution in [0.25, 0.3) is 5.57 Å². The Labute approximate surface area is 156 Å². The first-order chi connectivity index (χ1) is 13.2. The molecule has 1 saturated heterocycles. The molecule has 2 aromatic rings. The monoisotopic (exact) mass is 369 g/mol. The molecule has 5 nitrogen and oxygen atoms in total. The number of hydrogen-bond donors (Lipinski definition) is 0. The molecule has 0 spiro atoms. The first-order valence-corrected chi connectivity index (χ1v) is 8.93. The molecule has 0 aromatic heterocycles. The van der Waals surface area contributed by atoms with E-state index in [1.807, 2.05) is 36.4 Å². The summed E-state index contributed by atoms with van der Waals surface area (Å²) in [6.45, 7) is 1.66. The Morgan fingerprint density at radius 2 is 2.04 bits per heavy atom. The van der Waals surface area contributed by atoms with Gasteiger partial charge in [-0.3, -0.25) is 4.90 Å². The predicted octanol–water partition coefficient (Wildman–Crippen LogP) is 4.03. The maximum absolute atomic E-state index is 14.6. The fourth-order valence-electron chi connectivity index (χ4n) is 3.23. The Balaban J connectivity index is 1.43. The summed E-state index contributed by atoms with van der Waals surface area (Å²) < 4.78 is 30.9. The predicted molar refractivity (Wildman–Crippen MR) is 99.4 cm³/mol. The molecule has 0 N–H and O–H groups in total. The second-order valence-corrected chi connectivity index (χ2v) is 6.46. The smallest absolute Gasteiger partial charge is 0.414 e. The molecule has 6 heteroatoms. The summed E-state index contributed by atoms with van der Waals surface area (Å²) in [4.78, 5) is 13.6. The Kier molecular flexibility index (Phi) is 5.07. The molecule has 0 saturated carbocycles. The van der Waals surface area contributed by atoms with E-state index in [1.165, 1.54) is 11.0 Å². The number of ether oxygens (including phenoxy) is 3. The minimum atomic E-state index is -0.492. The van der Waals surface area contributed by atoms with Crippen molar-refractivity contribution in [3.05, 3.63) is 66.0 Å². The van der Waals surface area contributed by atoms with Crippen LogP contribution >= 0.6 is 0 Å². The topological polar surface area (TPSA) is 48.0 Å². The van der Waals surface area contributed by atoms with E-state index in [9.17, 15) is 9.18 Å². The van der Waals surface area contributed by atoms with Crippen LogP contribution in [0.2, 0.25) is 0 Å². The molecule has 2 aliphatic rings. The van der Waals surface area contributed by atoms with Crippen LogP contribution in [-0.2, 0) is 9.47 Å². The van der Waals surface area contributed by atoms with Crippen LogP contribution < -0.4 is 9.64 Å². The van der Waals surface area contributed by atoms with Crippen molar-refractivity contribution >= 4 is 17.4 Å². The third kappa shape index (κ3) is 3.95. The molecule has 0 aliphatic carbocycles. The summed E-state index contributed by atoms with van der Waals surface area (Å²) in [6.07, 6.45) is 1.68. The highest BCUT2D eigenvalue weighted by Gasteiger charge is 2.33. The Morgan fingerprint density at radius 3 is 2.78 bits per heavy atom. The highest BCUT2D eigenvalue weighted by Crippen LogP contribution is 2.29. The molecule has 0 unspecified atom stereocenters. The Morgan fingerprint density at radius 1 is 1.19 bits per heavy atom. The minimum Gasteiger partial charge on any atom is -0.490 e. The summed E-state index contributed by atoms with van der Waals surface area (Å²) in [7, 11) is 0. The van der Waals surface area contributed by atoms with Gasteiger partial charge in [-0.2, -0.15) is 0 Å². The van der Waals surface area contributed by atoms with Crippen LogP contribution in [0, 0.1) is 5.82 Å². The van der Waals surface area contributed by atoms with E-state index >= 15 is 0 Å². The first kappa shape index (κ1) is 17.5. The Hall–Kier alpha value is -2.86. The van der Waals surface area contributed by atoms with Gasteiger partial charge in [0.25, 0.3) is 0 Å². The van der Waals surface area contributed by atoms with Gasteiger partial charge in [0, 0.05) is 5.56 Å². The van der Waals surface area contributed by atoms with Crippen molar-refractivity contribution in [1.29, 1.82) is 0 Å². The third-order valence-electron chi connectivity index (χ3n) is 4.63. The zero-order valence-corrected chi connectivity index (χ0v) is 14.8.